The van der Waals surface area contributed by atoms with Crippen LogP contribution in [0.2, 0.25) is 0 Å². The van der Waals surface area contributed by atoms with Crippen LogP contribution in [0, 0.1) is 0 Å². The molecule has 2 aromatic rings. The zero-order chi connectivity index (χ0) is 19.6. The van der Waals surface area contributed by atoms with Crippen LogP contribution >= 0.6 is 11.3 Å². The van der Waals surface area contributed by atoms with Crippen molar-refractivity contribution in [1.29, 1.82) is 0 Å². The standard InChI is InChI=1S/C20H25N3O3S2/c24-20(22-9-5-2-6-10-22)17-15-19(27-16-17)28(25,26)23-13-11-21(12-14-23)18-7-3-1-4-8-18/h1,3-4,7-8,15-16H,2,5-6,9-14H2. The lowest BCUT2D eigenvalue weighted by molar-refractivity contribution is 0.0725. The predicted molar refractivity (Wildman–Crippen MR) is 111 cm³/mol. The normalized spacial score (nSPS) is 19.0. The Labute approximate surface area is 170 Å². The number of piperidine rings is 1. The summed E-state index contributed by atoms with van der Waals surface area (Å²) >= 11 is 1.15. The number of sulfonamides is 1. The molecular weight excluding hydrogens is 394 g/mol. The topological polar surface area (TPSA) is 60.9 Å². The van der Waals surface area contributed by atoms with Crippen molar-refractivity contribution in [2.75, 3.05) is 44.2 Å². The first-order valence-electron chi connectivity index (χ1n) is 9.74. The van der Waals surface area contributed by atoms with Crippen LogP contribution in [0.1, 0.15) is 29.6 Å². The van der Waals surface area contributed by atoms with Gasteiger partial charge in [0.25, 0.3) is 15.9 Å². The molecule has 0 saturated carbocycles. The zero-order valence-electron chi connectivity index (χ0n) is 15.8. The minimum absolute atomic E-state index is 0.0497. The number of thiophene rings is 1. The summed E-state index contributed by atoms with van der Waals surface area (Å²) in [6, 6.07) is 11.6. The van der Waals surface area contributed by atoms with Crippen LogP contribution in [0.25, 0.3) is 0 Å². The molecule has 1 aromatic carbocycles. The molecular formula is C20H25N3O3S2. The van der Waals surface area contributed by atoms with E-state index in [-0.39, 0.29) is 10.1 Å². The van der Waals surface area contributed by atoms with Gasteiger partial charge >= 0.3 is 0 Å². The van der Waals surface area contributed by atoms with E-state index < -0.39 is 10.0 Å². The highest BCUT2D eigenvalue weighted by Crippen LogP contribution is 2.27. The largest absolute Gasteiger partial charge is 0.369 e. The molecule has 1 aromatic heterocycles. The number of amides is 1. The van der Waals surface area contributed by atoms with Crippen LogP contribution in [-0.4, -0.2) is 62.8 Å². The maximum atomic E-state index is 13.0. The number of benzene rings is 1. The molecule has 0 atom stereocenters. The number of likely N-dealkylation sites (tertiary alicyclic amines) is 1. The van der Waals surface area contributed by atoms with Gasteiger partial charge in [0.05, 0.1) is 5.56 Å². The first kappa shape index (κ1) is 19.4. The molecule has 2 aliphatic rings. The Morgan fingerprint density at radius 2 is 1.57 bits per heavy atom. The summed E-state index contributed by atoms with van der Waals surface area (Å²) in [5.74, 6) is -0.0497. The Morgan fingerprint density at radius 3 is 2.25 bits per heavy atom. The summed E-state index contributed by atoms with van der Waals surface area (Å²) in [6.07, 6.45) is 3.20. The summed E-state index contributed by atoms with van der Waals surface area (Å²) in [5.41, 5.74) is 1.61. The average Bonchev–Trinajstić information content (AvgIpc) is 3.26. The second kappa shape index (κ2) is 8.23. The van der Waals surface area contributed by atoms with E-state index in [1.807, 2.05) is 35.2 Å². The van der Waals surface area contributed by atoms with Crippen molar-refractivity contribution >= 4 is 33.0 Å². The quantitative estimate of drug-likeness (QED) is 0.765. The molecule has 4 rings (SSSR count). The van der Waals surface area contributed by atoms with Crippen LogP contribution in [-0.2, 0) is 10.0 Å². The smallest absolute Gasteiger partial charge is 0.254 e. The fourth-order valence-electron chi connectivity index (χ4n) is 3.80. The lowest BCUT2D eigenvalue weighted by Gasteiger charge is -2.35. The number of carbonyl (C=O) groups is 1. The zero-order valence-corrected chi connectivity index (χ0v) is 17.4. The summed E-state index contributed by atoms with van der Waals surface area (Å²) in [4.78, 5) is 16.7. The highest BCUT2D eigenvalue weighted by Gasteiger charge is 2.31. The molecule has 28 heavy (non-hydrogen) atoms. The van der Waals surface area contributed by atoms with E-state index in [1.165, 1.54) is 4.31 Å². The van der Waals surface area contributed by atoms with Gasteiger partial charge in [0.15, 0.2) is 0 Å². The Kier molecular flexibility index (Phi) is 5.70. The average molecular weight is 420 g/mol. The molecule has 150 valence electrons. The third-order valence-electron chi connectivity index (χ3n) is 5.42. The molecule has 0 bridgehead atoms. The molecule has 0 aliphatic carbocycles. The van der Waals surface area contributed by atoms with E-state index >= 15 is 0 Å². The molecule has 8 heteroatoms. The molecule has 2 fully saturated rings. The molecule has 2 saturated heterocycles. The Hall–Kier alpha value is -1.90. The third kappa shape index (κ3) is 3.94. The number of piperazine rings is 1. The van der Waals surface area contributed by atoms with E-state index in [1.54, 1.807) is 11.4 Å². The van der Waals surface area contributed by atoms with Crippen molar-refractivity contribution in [2.24, 2.45) is 0 Å². The van der Waals surface area contributed by atoms with E-state index in [2.05, 4.69) is 4.90 Å². The first-order chi connectivity index (χ1) is 13.6. The number of carbonyl (C=O) groups excluding carboxylic acids is 1. The lowest BCUT2D eigenvalue weighted by Crippen LogP contribution is -2.48. The second-order valence-electron chi connectivity index (χ2n) is 7.23. The van der Waals surface area contributed by atoms with E-state index in [4.69, 9.17) is 0 Å². The van der Waals surface area contributed by atoms with Crippen molar-refractivity contribution in [1.82, 2.24) is 9.21 Å². The molecule has 6 nitrogen and oxygen atoms in total. The van der Waals surface area contributed by atoms with Gasteiger partial charge in [-0.25, -0.2) is 8.42 Å². The molecule has 0 spiro atoms. The van der Waals surface area contributed by atoms with Crippen LogP contribution in [0.3, 0.4) is 0 Å². The molecule has 3 heterocycles. The fourth-order valence-corrected chi connectivity index (χ4v) is 6.52. The van der Waals surface area contributed by atoms with Gasteiger partial charge in [-0.3, -0.25) is 4.79 Å². The molecule has 2 aliphatic heterocycles. The van der Waals surface area contributed by atoms with Crippen molar-refractivity contribution in [3.8, 4) is 0 Å². The lowest BCUT2D eigenvalue weighted by atomic mass is 10.1. The molecule has 0 unspecified atom stereocenters. The van der Waals surface area contributed by atoms with E-state index in [9.17, 15) is 13.2 Å². The fraction of sp³-hybridized carbons (Fsp3) is 0.450. The SMILES string of the molecule is O=C(c1csc(S(=O)(=O)N2CCN(c3ccccc3)CC2)c1)N1CCCCC1. The van der Waals surface area contributed by atoms with E-state index in [0.717, 1.165) is 49.4 Å². The molecule has 1 amide bonds. The second-order valence-corrected chi connectivity index (χ2v) is 10.3. The first-order valence-corrected chi connectivity index (χ1v) is 12.1. The predicted octanol–water partition coefficient (Wildman–Crippen LogP) is 2.89. The number of rotatable bonds is 4. The number of hydrogen-bond acceptors (Lipinski definition) is 5. The van der Waals surface area contributed by atoms with Crippen molar-refractivity contribution in [3.63, 3.8) is 0 Å². The molecule has 0 N–H and O–H groups in total. The molecule has 0 radical (unpaired) electrons. The van der Waals surface area contributed by atoms with Gasteiger partial charge in [0.1, 0.15) is 4.21 Å². The Balaban J connectivity index is 1.43. The van der Waals surface area contributed by atoms with Gasteiger partial charge in [0, 0.05) is 50.3 Å². The Morgan fingerprint density at radius 1 is 0.893 bits per heavy atom. The number of anilines is 1. The maximum absolute atomic E-state index is 13.0. The number of para-hydroxylation sites is 1. The summed E-state index contributed by atoms with van der Waals surface area (Å²) in [6.45, 7) is 3.74. The van der Waals surface area contributed by atoms with Gasteiger partial charge in [-0.15, -0.1) is 11.3 Å². The number of nitrogens with zero attached hydrogens (tertiary/aromatic N) is 3. The van der Waals surface area contributed by atoms with E-state index in [0.29, 0.717) is 31.7 Å². The summed E-state index contributed by atoms with van der Waals surface area (Å²) in [7, 11) is -3.56. The minimum atomic E-state index is -3.56. The van der Waals surface area contributed by atoms with Crippen LogP contribution in [0.15, 0.2) is 46.0 Å². The van der Waals surface area contributed by atoms with Gasteiger partial charge < -0.3 is 9.80 Å². The van der Waals surface area contributed by atoms with Gasteiger partial charge in [0.2, 0.25) is 0 Å². The van der Waals surface area contributed by atoms with Crippen LogP contribution in [0.5, 0.6) is 0 Å². The summed E-state index contributed by atoms with van der Waals surface area (Å²) < 4.78 is 27.9. The Bertz CT molecular complexity index is 913. The van der Waals surface area contributed by atoms with Crippen molar-refractivity contribution in [3.05, 3.63) is 47.3 Å². The highest BCUT2D eigenvalue weighted by atomic mass is 32.2. The monoisotopic (exact) mass is 419 g/mol. The van der Waals surface area contributed by atoms with Crippen LogP contribution < -0.4 is 4.90 Å². The van der Waals surface area contributed by atoms with Gasteiger partial charge in [-0.05, 0) is 37.5 Å². The highest BCUT2D eigenvalue weighted by molar-refractivity contribution is 7.91. The van der Waals surface area contributed by atoms with Gasteiger partial charge in [-0.2, -0.15) is 4.31 Å². The van der Waals surface area contributed by atoms with Crippen LogP contribution in [0.4, 0.5) is 5.69 Å². The van der Waals surface area contributed by atoms with Crippen molar-refractivity contribution in [2.45, 2.75) is 23.5 Å². The summed E-state index contributed by atoms with van der Waals surface area (Å²) in [5, 5.41) is 1.68. The maximum Gasteiger partial charge on any atom is 0.254 e. The van der Waals surface area contributed by atoms with Crippen molar-refractivity contribution < 1.29 is 13.2 Å². The minimum Gasteiger partial charge on any atom is -0.369 e. The number of hydrogen-bond donors (Lipinski definition) is 0. The van der Waals surface area contributed by atoms with Gasteiger partial charge in [-0.1, -0.05) is 18.2 Å². The third-order valence-corrected chi connectivity index (χ3v) is 8.73.